The third-order valence-electron chi connectivity index (χ3n) is 6.04. The molecule has 0 saturated carbocycles. The summed E-state index contributed by atoms with van der Waals surface area (Å²) >= 11 is 0. The van der Waals surface area contributed by atoms with E-state index in [1.165, 1.54) is 4.90 Å². The van der Waals surface area contributed by atoms with Crippen LogP contribution in [0.3, 0.4) is 0 Å². The number of nitrogens with one attached hydrogen (secondary N) is 2. The topological polar surface area (TPSA) is 136 Å². The molecule has 198 valence electrons. The second-order valence-electron chi connectivity index (χ2n) is 8.61. The molecule has 1 heterocycles. The number of carbonyl (C=O) groups is 2. The minimum absolute atomic E-state index is 0.0411. The summed E-state index contributed by atoms with van der Waals surface area (Å²) in [7, 11) is 3.17. The van der Waals surface area contributed by atoms with Crippen LogP contribution < -0.4 is 30.2 Å². The first-order valence-electron chi connectivity index (χ1n) is 12.0. The molecule has 38 heavy (non-hydrogen) atoms. The molecule has 10 nitrogen and oxygen atoms in total. The van der Waals surface area contributed by atoms with Gasteiger partial charge in [-0.3, -0.25) is 15.1 Å². The number of nitrogen functional groups attached to an aromatic ring is 1. The summed E-state index contributed by atoms with van der Waals surface area (Å²) in [6, 6.07) is 19.3. The number of methoxy groups -OCH3 is 2. The van der Waals surface area contributed by atoms with Crippen molar-refractivity contribution in [3.8, 4) is 17.2 Å². The number of nitrogens with zero attached hydrogens (tertiary/aromatic N) is 1. The van der Waals surface area contributed by atoms with E-state index in [-0.39, 0.29) is 18.3 Å². The molecule has 3 aromatic carbocycles. The molecule has 0 aliphatic carbocycles. The van der Waals surface area contributed by atoms with Crippen molar-refractivity contribution in [2.75, 3.05) is 38.8 Å². The van der Waals surface area contributed by atoms with E-state index in [4.69, 9.17) is 30.1 Å². The Morgan fingerprint density at radius 1 is 1.05 bits per heavy atom. The van der Waals surface area contributed by atoms with Crippen molar-refractivity contribution in [2.24, 2.45) is 5.73 Å². The van der Waals surface area contributed by atoms with Gasteiger partial charge in [-0.25, -0.2) is 4.79 Å². The van der Waals surface area contributed by atoms with Gasteiger partial charge in [0, 0.05) is 23.4 Å². The molecule has 0 spiro atoms. The maximum Gasteiger partial charge on any atom is 0.414 e. The van der Waals surface area contributed by atoms with Crippen LogP contribution in [0.25, 0.3) is 0 Å². The highest BCUT2D eigenvalue weighted by Gasteiger charge is 2.32. The fraction of sp³-hybridized carbons (Fsp3) is 0.250. The summed E-state index contributed by atoms with van der Waals surface area (Å²) in [6.45, 7) is 0.896. The van der Waals surface area contributed by atoms with Crippen molar-refractivity contribution in [3.05, 3.63) is 83.4 Å². The summed E-state index contributed by atoms with van der Waals surface area (Å²) in [6.07, 6.45) is -0.325. The van der Waals surface area contributed by atoms with E-state index in [1.54, 1.807) is 62.8 Å². The molecule has 1 saturated heterocycles. The van der Waals surface area contributed by atoms with Crippen LogP contribution in [-0.2, 0) is 11.2 Å². The number of rotatable bonds is 11. The highest BCUT2D eigenvalue weighted by molar-refractivity contribution is 5.96. The van der Waals surface area contributed by atoms with Gasteiger partial charge in [-0.2, -0.15) is 0 Å². The van der Waals surface area contributed by atoms with Gasteiger partial charge >= 0.3 is 6.09 Å². The molecular formula is C28H30N4O6. The summed E-state index contributed by atoms with van der Waals surface area (Å²) in [5.41, 5.74) is 8.18. The standard InChI is InChI=1S/C28H30N4O6/c1-35-24-11-6-18(14-25(24)36-2)12-13-31-27(33)20-4-3-5-22(15-20)37-17-23-16-32(28(34)38-23)21-9-7-19(8-10-21)26(29)30/h3-11,14-15,23H,12-13,16-17H2,1-2H3,(H3,29,30)(H,31,33). The normalized spacial score (nSPS) is 14.5. The van der Waals surface area contributed by atoms with Gasteiger partial charge in [0.2, 0.25) is 0 Å². The SMILES string of the molecule is COc1ccc(CCNC(=O)c2cccc(OCC3CN(c4ccc(C(=N)N)cc4)C(=O)O3)c2)cc1OC. The molecule has 1 unspecified atom stereocenters. The summed E-state index contributed by atoms with van der Waals surface area (Å²) in [5.74, 6) is 1.53. The lowest BCUT2D eigenvalue weighted by Gasteiger charge is -2.14. The number of ether oxygens (including phenoxy) is 4. The summed E-state index contributed by atoms with van der Waals surface area (Å²) < 4.78 is 21.8. The van der Waals surface area contributed by atoms with Gasteiger partial charge in [-0.1, -0.05) is 12.1 Å². The van der Waals surface area contributed by atoms with E-state index in [2.05, 4.69) is 5.32 Å². The Hall–Kier alpha value is -4.73. The lowest BCUT2D eigenvalue weighted by atomic mass is 10.1. The molecule has 1 aliphatic rings. The highest BCUT2D eigenvalue weighted by Crippen LogP contribution is 2.27. The Morgan fingerprint density at radius 3 is 2.53 bits per heavy atom. The zero-order chi connectivity index (χ0) is 27.1. The summed E-state index contributed by atoms with van der Waals surface area (Å²) in [4.78, 5) is 26.5. The number of hydrogen-bond acceptors (Lipinski definition) is 7. The molecule has 4 rings (SSSR count). The monoisotopic (exact) mass is 518 g/mol. The molecule has 0 aromatic heterocycles. The number of carbonyl (C=O) groups excluding carboxylic acids is 2. The first kappa shape index (κ1) is 26.3. The molecule has 1 fully saturated rings. The van der Waals surface area contributed by atoms with Gasteiger partial charge in [0.15, 0.2) is 17.6 Å². The van der Waals surface area contributed by atoms with E-state index in [9.17, 15) is 9.59 Å². The minimum atomic E-state index is -0.478. The van der Waals surface area contributed by atoms with E-state index in [0.717, 1.165) is 5.56 Å². The van der Waals surface area contributed by atoms with Crippen molar-refractivity contribution in [2.45, 2.75) is 12.5 Å². The van der Waals surface area contributed by atoms with Crippen LogP contribution in [0.4, 0.5) is 10.5 Å². The van der Waals surface area contributed by atoms with Gasteiger partial charge in [0.25, 0.3) is 5.91 Å². The fourth-order valence-electron chi connectivity index (χ4n) is 4.01. The number of nitrogens with two attached hydrogens (primary N) is 1. The van der Waals surface area contributed by atoms with Crippen LogP contribution in [-0.4, -0.2) is 57.9 Å². The molecule has 3 aromatic rings. The second kappa shape index (κ2) is 12.0. The van der Waals surface area contributed by atoms with E-state index in [1.807, 2.05) is 18.2 Å². The van der Waals surface area contributed by atoms with E-state index in [0.29, 0.717) is 53.6 Å². The van der Waals surface area contributed by atoms with Gasteiger partial charge in [-0.05, 0) is 66.6 Å². The third kappa shape index (κ3) is 6.33. The third-order valence-corrected chi connectivity index (χ3v) is 6.04. The van der Waals surface area contributed by atoms with Crippen LogP contribution in [0.15, 0.2) is 66.7 Å². The van der Waals surface area contributed by atoms with Gasteiger partial charge in [-0.15, -0.1) is 0 Å². The predicted molar refractivity (Wildman–Crippen MR) is 143 cm³/mol. The molecule has 1 atom stereocenters. The maximum atomic E-state index is 12.7. The second-order valence-corrected chi connectivity index (χ2v) is 8.61. The maximum absolute atomic E-state index is 12.7. The Kier molecular flexibility index (Phi) is 8.32. The van der Waals surface area contributed by atoms with E-state index >= 15 is 0 Å². The fourth-order valence-corrected chi connectivity index (χ4v) is 4.01. The van der Waals surface area contributed by atoms with Crippen molar-refractivity contribution in [3.63, 3.8) is 0 Å². The van der Waals surface area contributed by atoms with Gasteiger partial charge in [0.1, 0.15) is 18.2 Å². The lowest BCUT2D eigenvalue weighted by Crippen LogP contribution is -2.27. The lowest BCUT2D eigenvalue weighted by molar-refractivity contribution is 0.0953. The zero-order valence-corrected chi connectivity index (χ0v) is 21.2. The van der Waals surface area contributed by atoms with Crippen LogP contribution in [0.2, 0.25) is 0 Å². The molecule has 4 N–H and O–H groups in total. The number of hydrogen-bond donors (Lipinski definition) is 3. The van der Waals surface area contributed by atoms with Gasteiger partial charge in [0.05, 0.1) is 20.8 Å². The Morgan fingerprint density at radius 2 is 1.82 bits per heavy atom. The molecular weight excluding hydrogens is 488 g/mol. The predicted octanol–water partition coefficient (Wildman–Crippen LogP) is 3.36. The van der Waals surface area contributed by atoms with Crippen molar-refractivity contribution in [1.82, 2.24) is 5.32 Å². The number of anilines is 1. The zero-order valence-electron chi connectivity index (χ0n) is 21.2. The largest absolute Gasteiger partial charge is 0.493 e. The molecule has 0 bridgehead atoms. The van der Waals surface area contributed by atoms with Crippen LogP contribution in [0, 0.1) is 5.41 Å². The number of benzene rings is 3. The average molecular weight is 519 g/mol. The van der Waals surface area contributed by atoms with Gasteiger partial charge < -0.3 is 30.0 Å². The molecule has 0 radical (unpaired) electrons. The van der Waals surface area contributed by atoms with Crippen molar-refractivity contribution in [1.29, 1.82) is 5.41 Å². The Balaban J connectivity index is 1.27. The first-order valence-corrected chi connectivity index (χ1v) is 12.0. The number of amidine groups is 1. The number of cyclic esters (lactones) is 1. The Labute approximate surface area is 220 Å². The van der Waals surface area contributed by atoms with Crippen molar-refractivity contribution < 1.29 is 28.5 Å². The Bertz CT molecular complexity index is 1310. The highest BCUT2D eigenvalue weighted by atomic mass is 16.6. The molecule has 2 amide bonds. The smallest absolute Gasteiger partial charge is 0.414 e. The van der Waals surface area contributed by atoms with Crippen LogP contribution in [0.5, 0.6) is 17.2 Å². The van der Waals surface area contributed by atoms with E-state index < -0.39 is 12.2 Å². The summed E-state index contributed by atoms with van der Waals surface area (Å²) in [5, 5.41) is 10.4. The molecule has 1 aliphatic heterocycles. The average Bonchev–Trinajstić information content (AvgIpc) is 3.32. The number of amides is 2. The van der Waals surface area contributed by atoms with Crippen molar-refractivity contribution >= 4 is 23.5 Å². The van der Waals surface area contributed by atoms with Crippen LogP contribution >= 0.6 is 0 Å². The molecule has 10 heteroatoms. The first-order chi connectivity index (χ1) is 18.4. The minimum Gasteiger partial charge on any atom is -0.493 e. The quantitative estimate of drug-likeness (QED) is 0.262. The van der Waals surface area contributed by atoms with Crippen LogP contribution in [0.1, 0.15) is 21.5 Å².